The predicted octanol–water partition coefficient (Wildman–Crippen LogP) is 3.32. The Balaban J connectivity index is 3.52. The minimum absolute atomic E-state index is 0.897. The second kappa shape index (κ2) is 3.60. The first kappa shape index (κ1) is 8.61. The molecule has 0 N–H and O–H groups in total. The first-order valence-corrected chi connectivity index (χ1v) is 3.44. The van der Waals surface area contributed by atoms with Crippen molar-refractivity contribution in [1.82, 2.24) is 0 Å². The van der Waals surface area contributed by atoms with Gasteiger partial charge in [-0.15, -0.1) is 0 Å². The minimum Gasteiger partial charge on any atom is -0.0846 e. The summed E-state index contributed by atoms with van der Waals surface area (Å²) < 4.78 is -1.21. The molecule has 0 nitrogen and oxygen atoms in total. The lowest BCUT2D eigenvalue weighted by atomic mass is 10.4. The summed E-state index contributed by atoms with van der Waals surface area (Å²) in [5, 5.41) is 0. The summed E-state index contributed by atoms with van der Waals surface area (Å²) in [6.07, 6.45) is 4.25. The number of halogens is 3. The van der Waals surface area contributed by atoms with Gasteiger partial charge in [-0.05, 0) is 12.5 Å². The van der Waals surface area contributed by atoms with Crippen LogP contribution in [0.5, 0.6) is 0 Å². The van der Waals surface area contributed by atoms with Crippen molar-refractivity contribution in [3.8, 4) is 0 Å². The lowest BCUT2D eigenvalue weighted by Gasteiger charge is -2.00. The van der Waals surface area contributed by atoms with E-state index in [2.05, 4.69) is 0 Å². The monoisotopic (exact) mass is 172 g/mol. The van der Waals surface area contributed by atoms with Crippen LogP contribution in [-0.4, -0.2) is 3.79 Å². The zero-order valence-electron chi connectivity index (χ0n) is 4.50. The van der Waals surface area contributed by atoms with Crippen molar-refractivity contribution in [2.45, 2.75) is 17.1 Å². The summed E-state index contributed by atoms with van der Waals surface area (Å²) in [5.41, 5.74) is 0. The molecule has 3 heteroatoms. The third-order valence-electron chi connectivity index (χ3n) is 0.543. The van der Waals surface area contributed by atoms with Gasteiger partial charge in [-0.2, -0.15) is 0 Å². The standard InChI is InChI=1S/C5H7Cl3/c1-2-3-4-5(6,7)8/h3-4H,2H2,1H3. The van der Waals surface area contributed by atoms with Crippen LogP contribution in [0.25, 0.3) is 0 Å². The molecular weight excluding hydrogens is 166 g/mol. The highest BCUT2D eigenvalue weighted by molar-refractivity contribution is 6.68. The minimum atomic E-state index is -1.21. The Morgan fingerprint density at radius 2 is 1.88 bits per heavy atom. The molecule has 0 amide bonds. The summed E-state index contributed by atoms with van der Waals surface area (Å²) >= 11 is 16.1. The fourth-order valence-corrected chi connectivity index (χ4v) is 0.519. The third kappa shape index (κ3) is 6.61. The van der Waals surface area contributed by atoms with Gasteiger partial charge in [0.1, 0.15) is 0 Å². The van der Waals surface area contributed by atoms with E-state index >= 15 is 0 Å². The Labute approximate surface area is 64.4 Å². The van der Waals surface area contributed by atoms with Crippen molar-refractivity contribution in [2.75, 3.05) is 0 Å². The Kier molecular flexibility index (Phi) is 3.87. The summed E-state index contributed by atoms with van der Waals surface area (Å²) in [4.78, 5) is 0. The van der Waals surface area contributed by atoms with Gasteiger partial charge in [-0.3, -0.25) is 0 Å². The Morgan fingerprint density at radius 1 is 1.38 bits per heavy atom. The first-order valence-electron chi connectivity index (χ1n) is 2.30. The maximum atomic E-state index is 5.36. The molecule has 48 valence electrons. The molecule has 0 rings (SSSR count). The summed E-state index contributed by atoms with van der Waals surface area (Å²) in [5.74, 6) is 0. The van der Waals surface area contributed by atoms with Gasteiger partial charge in [0, 0.05) is 0 Å². The van der Waals surface area contributed by atoms with Crippen LogP contribution in [0.4, 0.5) is 0 Å². The van der Waals surface area contributed by atoms with Gasteiger partial charge in [0.25, 0.3) is 0 Å². The molecule has 0 saturated carbocycles. The average Bonchev–Trinajstić information content (AvgIpc) is 1.59. The predicted molar refractivity (Wildman–Crippen MR) is 39.7 cm³/mol. The third-order valence-corrected chi connectivity index (χ3v) is 0.921. The van der Waals surface area contributed by atoms with Crippen LogP contribution in [0.2, 0.25) is 0 Å². The highest BCUT2D eigenvalue weighted by atomic mass is 35.6. The van der Waals surface area contributed by atoms with Crippen molar-refractivity contribution in [2.24, 2.45) is 0 Å². The summed E-state index contributed by atoms with van der Waals surface area (Å²) in [7, 11) is 0. The molecule has 0 fully saturated rings. The van der Waals surface area contributed by atoms with E-state index in [1.54, 1.807) is 0 Å². The van der Waals surface area contributed by atoms with Crippen LogP contribution in [0.3, 0.4) is 0 Å². The van der Waals surface area contributed by atoms with Gasteiger partial charge in [0.15, 0.2) is 0 Å². The van der Waals surface area contributed by atoms with E-state index in [1.165, 1.54) is 6.08 Å². The highest BCUT2D eigenvalue weighted by Gasteiger charge is 2.12. The van der Waals surface area contributed by atoms with Crippen LogP contribution < -0.4 is 0 Å². The van der Waals surface area contributed by atoms with Crippen LogP contribution in [0.15, 0.2) is 12.2 Å². The molecule has 0 spiro atoms. The van der Waals surface area contributed by atoms with E-state index in [1.807, 2.05) is 13.0 Å². The van der Waals surface area contributed by atoms with E-state index < -0.39 is 3.79 Å². The molecular formula is C5H7Cl3. The van der Waals surface area contributed by atoms with Crippen molar-refractivity contribution in [1.29, 1.82) is 0 Å². The SMILES string of the molecule is CCC=CC(Cl)(Cl)Cl. The Morgan fingerprint density at radius 3 is 2.00 bits per heavy atom. The summed E-state index contributed by atoms with van der Waals surface area (Å²) in [6.45, 7) is 1.98. The second-order valence-corrected chi connectivity index (χ2v) is 3.72. The zero-order chi connectivity index (χ0) is 6.62. The smallest absolute Gasteiger partial charge is 0.0846 e. The Hall–Kier alpha value is 0.610. The average molecular weight is 173 g/mol. The van der Waals surface area contributed by atoms with Gasteiger partial charge in [-0.25, -0.2) is 0 Å². The first-order chi connectivity index (χ1) is 3.56. The molecule has 0 radical (unpaired) electrons. The number of rotatable bonds is 1. The number of hydrogen-bond acceptors (Lipinski definition) is 0. The molecule has 0 saturated heterocycles. The molecule has 0 atom stereocenters. The van der Waals surface area contributed by atoms with Crippen LogP contribution in [0.1, 0.15) is 13.3 Å². The van der Waals surface area contributed by atoms with Crippen LogP contribution >= 0.6 is 34.8 Å². The maximum Gasteiger partial charge on any atom is 0.209 e. The van der Waals surface area contributed by atoms with Gasteiger partial charge >= 0.3 is 0 Å². The molecule has 0 aromatic rings. The fraction of sp³-hybridized carbons (Fsp3) is 0.600. The number of allylic oxidation sites excluding steroid dienone is 2. The normalized spacial score (nSPS) is 13.0. The highest BCUT2D eigenvalue weighted by Crippen LogP contribution is 2.27. The quantitative estimate of drug-likeness (QED) is 0.421. The number of hydrogen-bond donors (Lipinski definition) is 0. The molecule has 0 aliphatic carbocycles. The maximum absolute atomic E-state index is 5.36. The molecule has 0 aliphatic heterocycles. The van der Waals surface area contributed by atoms with Crippen molar-refractivity contribution in [3.05, 3.63) is 12.2 Å². The molecule has 0 aliphatic rings. The zero-order valence-corrected chi connectivity index (χ0v) is 6.76. The lowest BCUT2D eigenvalue weighted by molar-refractivity contribution is 1.20. The van der Waals surface area contributed by atoms with E-state index in [9.17, 15) is 0 Å². The van der Waals surface area contributed by atoms with Gasteiger partial charge in [0.05, 0.1) is 0 Å². The molecule has 0 heterocycles. The number of alkyl halides is 3. The molecule has 0 bridgehead atoms. The van der Waals surface area contributed by atoms with Crippen LogP contribution in [-0.2, 0) is 0 Å². The van der Waals surface area contributed by atoms with Gasteiger partial charge in [-0.1, -0.05) is 47.8 Å². The molecule has 0 aromatic heterocycles. The van der Waals surface area contributed by atoms with E-state index in [-0.39, 0.29) is 0 Å². The summed E-state index contributed by atoms with van der Waals surface area (Å²) in [6, 6.07) is 0. The topological polar surface area (TPSA) is 0 Å². The molecule has 0 aromatic carbocycles. The van der Waals surface area contributed by atoms with Crippen molar-refractivity contribution < 1.29 is 0 Å². The Bertz CT molecular complexity index is 80.2. The van der Waals surface area contributed by atoms with E-state index in [4.69, 9.17) is 34.8 Å². The fourth-order valence-electron chi connectivity index (χ4n) is 0.251. The van der Waals surface area contributed by atoms with E-state index in [0.717, 1.165) is 6.42 Å². The van der Waals surface area contributed by atoms with Crippen LogP contribution in [0, 0.1) is 0 Å². The molecule has 0 unspecified atom stereocenters. The van der Waals surface area contributed by atoms with E-state index in [0.29, 0.717) is 0 Å². The van der Waals surface area contributed by atoms with Crippen molar-refractivity contribution >= 4 is 34.8 Å². The van der Waals surface area contributed by atoms with Gasteiger partial charge in [0.2, 0.25) is 3.79 Å². The largest absolute Gasteiger partial charge is 0.209 e. The second-order valence-electron chi connectivity index (χ2n) is 1.35. The van der Waals surface area contributed by atoms with Gasteiger partial charge < -0.3 is 0 Å². The van der Waals surface area contributed by atoms with Crippen molar-refractivity contribution in [3.63, 3.8) is 0 Å². The molecule has 8 heavy (non-hydrogen) atoms. The lowest BCUT2D eigenvalue weighted by Crippen LogP contribution is -1.93.